The Hall–Kier alpha value is -3.18. The van der Waals surface area contributed by atoms with E-state index in [4.69, 9.17) is 18.9 Å². The Balaban J connectivity index is 1.13. The molecule has 2 aromatic rings. The molecule has 2 saturated heterocycles. The molecule has 10 heteroatoms. The van der Waals surface area contributed by atoms with Crippen LogP contribution in [0.2, 0.25) is 0 Å². The van der Waals surface area contributed by atoms with Crippen molar-refractivity contribution in [1.82, 2.24) is 9.80 Å². The van der Waals surface area contributed by atoms with Gasteiger partial charge in [-0.05, 0) is 63.0 Å². The Labute approximate surface area is 236 Å². The molecule has 2 fully saturated rings. The van der Waals surface area contributed by atoms with Crippen molar-refractivity contribution in [3.63, 3.8) is 0 Å². The van der Waals surface area contributed by atoms with Crippen molar-refractivity contribution < 1.29 is 29.2 Å². The molecule has 4 rings (SSSR count). The van der Waals surface area contributed by atoms with E-state index in [9.17, 15) is 10.2 Å². The number of benzene rings is 2. The number of hydrogen-bond donors (Lipinski definition) is 2. The third-order valence-corrected chi connectivity index (χ3v) is 6.95. The van der Waals surface area contributed by atoms with Crippen LogP contribution >= 0.6 is 0 Å². The van der Waals surface area contributed by atoms with Crippen molar-refractivity contribution in [2.75, 3.05) is 78.9 Å². The molecule has 0 saturated carbocycles. The van der Waals surface area contributed by atoms with Gasteiger partial charge in [-0.15, -0.1) is 0 Å². The number of aromatic hydroxyl groups is 2. The van der Waals surface area contributed by atoms with E-state index in [1.165, 1.54) is 12.4 Å². The zero-order valence-corrected chi connectivity index (χ0v) is 23.2. The van der Waals surface area contributed by atoms with Gasteiger partial charge in [0.25, 0.3) is 0 Å². The molecular formula is C30H42N4O6. The van der Waals surface area contributed by atoms with Crippen LogP contribution in [0.4, 0.5) is 0 Å². The molecular weight excluding hydrogens is 512 g/mol. The zero-order chi connectivity index (χ0) is 27.8. The number of hydrogen-bond acceptors (Lipinski definition) is 10. The van der Waals surface area contributed by atoms with Gasteiger partial charge in [-0.3, -0.25) is 9.80 Å². The van der Waals surface area contributed by atoms with Gasteiger partial charge in [0.1, 0.15) is 23.0 Å². The lowest BCUT2D eigenvalue weighted by atomic mass is 10.2. The van der Waals surface area contributed by atoms with Crippen molar-refractivity contribution in [3.05, 3.63) is 47.5 Å². The molecule has 2 N–H and O–H groups in total. The van der Waals surface area contributed by atoms with Crippen LogP contribution < -0.4 is 9.47 Å². The molecule has 0 aliphatic carbocycles. The fourth-order valence-corrected chi connectivity index (χ4v) is 4.54. The zero-order valence-electron chi connectivity index (χ0n) is 23.2. The molecule has 0 aromatic heterocycles. The van der Waals surface area contributed by atoms with Crippen LogP contribution in [0.5, 0.6) is 23.0 Å². The maximum Gasteiger partial charge on any atom is 0.128 e. The first kappa shape index (κ1) is 29.8. The molecule has 0 spiro atoms. The third-order valence-electron chi connectivity index (χ3n) is 6.95. The lowest BCUT2D eigenvalue weighted by Gasteiger charge is -2.26. The van der Waals surface area contributed by atoms with Gasteiger partial charge in [-0.1, -0.05) is 0 Å². The summed E-state index contributed by atoms with van der Waals surface area (Å²) in [5, 5.41) is 28.7. The number of phenols is 2. The van der Waals surface area contributed by atoms with Crippen LogP contribution in [0, 0.1) is 0 Å². The number of ether oxygens (including phenoxy) is 4. The predicted octanol–water partition coefficient (Wildman–Crippen LogP) is 3.53. The van der Waals surface area contributed by atoms with E-state index < -0.39 is 0 Å². The van der Waals surface area contributed by atoms with Gasteiger partial charge >= 0.3 is 0 Å². The van der Waals surface area contributed by atoms with E-state index in [0.717, 1.165) is 91.4 Å². The van der Waals surface area contributed by atoms with E-state index in [2.05, 4.69) is 20.0 Å². The summed E-state index contributed by atoms with van der Waals surface area (Å²) in [5.74, 6) is 1.38. The minimum Gasteiger partial charge on any atom is -0.507 e. The van der Waals surface area contributed by atoms with E-state index >= 15 is 0 Å². The number of phenolic OH excluding ortho intramolecular Hbond substituents is 2. The topological polar surface area (TPSA) is 109 Å². The second-order valence-corrected chi connectivity index (χ2v) is 9.95. The Morgan fingerprint density at radius 2 is 1.07 bits per heavy atom. The second kappa shape index (κ2) is 16.8. The monoisotopic (exact) mass is 554 g/mol. The summed E-state index contributed by atoms with van der Waals surface area (Å²) < 4.78 is 22.3. The number of morpholine rings is 2. The van der Waals surface area contributed by atoms with Crippen LogP contribution in [0.25, 0.3) is 0 Å². The lowest BCUT2D eigenvalue weighted by molar-refractivity contribution is 0.0367. The number of nitrogens with zero attached hydrogens (tertiary/aromatic N) is 4. The van der Waals surface area contributed by atoms with Crippen molar-refractivity contribution in [3.8, 4) is 23.0 Å². The molecule has 0 unspecified atom stereocenters. The molecule has 2 aromatic carbocycles. The predicted molar refractivity (Wildman–Crippen MR) is 155 cm³/mol. The Morgan fingerprint density at radius 3 is 1.48 bits per heavy atom. The van der Waals surface area contributed by atoms with Crippen LogP contribution in [-0.2, 0) is 9.47 Å². The number of unbranched alkanes of at least 4 members (excludes halogenated alkanes) is 2. The Kier molecular flexibility index (Phi) is 12.5. The van der Waals surface area contributed by atoms with E-state index in [1.54, 1.807) is 36.4 Å². The molecule has 0 radical (unpaired) electrons. The Bertz CT molecular complexity index is 998. The summed E-state index contributed by atoms with van der Waals surface area (Å²) in [4.78, 5) is 4.82. The van der Waals surface area contributed by atoms with Crippen molar-refractivity contribution in [2.45, 2.75) is 25.7 Å². The van der Waals surface area contributed by atoms with Crippen molar-refractivity contribution in [2.24, 2.45) is 10.2 Å². The second-order valence-electron chi connectivity index (χ2n) is 9.95. The molecule has 40 heavy (non-hydrogen) atoms. The van der Waals surface area contributed by atoms with Crippen LogP contribution in [0.1, 0.15) is 36.8 Å². The fraction of sp³-hybridized carbons (Fsp3) is 0.533. The molecule has 2 heterocycles. The normalized spacial score (nSPS) is 17.1. The van der Waals surface area contributed by atoms with Gasteiger partial charge in [0.15, 0.2) is 0 Å². The highest BCUT2D eigenvalue weighted by Gasteiger charge is 2.10. The standard InChI is InChI=1S/C30H42N4O6/c35-29-21-27(39-15-3-1-9-33-11-17-37-18-12-33)7-5-25(29)23-31-32-24-26-6-8-28(22-30(26)36)40-16-4-2-10-34-13-19-38-20-14-34/h5-8,21-24,35-36H,1-4,9-20H2. The quantitative estimate of drug-likeness (QED) is 0.196. The minimum atomic E-state index is 0.0686. The summed E-state index contributed by atoms with van der Waals surface area (Å²) in [7, 11) is 0. The summed E-state index contributed by atoms with van der Waals surface area (Å²) in [5.41, 5.74) is 1.05. The first-order valence-electron chi connectivity index (χ1n) is 14.3. The summed E-state index contributed by atoms with van der Waals surface area (Å²) in [6.07, 6.45) is 6.95. The highest BCUT2D eigenvalue weighted by Crippen LogP contribution is 2.24. The third kappa shape index (κ3) is 10.4. The van der Waals surface area contributed by atoms with Crippen LogP contribution in [0.15, 0.2) is 46.6 Å². The SMILES string of the molecule is Oc1cc(OCCCCN2CCOCC2)ccc1C=NN=Cc1ccc(OCCCCN2CCOCC2)cc1O. The van der Waals surface area contributed by atoms with Gasteiger partial charge in [0, 0.05) is 49.4 Å². The molecule has 0 amide bonds. The average molecular weight is 555 g/mol. The summed E-state index contributed by atoms with van der Waals surface area (Å²) in [6.45, 7) is 10.6. The molecule has 10 nitrogen and oxygen atoms in total. The molecule has 0 bridgehead atoms. The minimum absolute atomic E-state index is 0.0686. The van der Waals surface area contributed by atoms with Gasteiger partial charge in [0.05, 0.1) is 52.1 Å². The highest BCUT2D eigenvalue weighted by atomic mass is 16.5. The van der Waals surface area contributed by atoms with Crippen molar-refractivity contribution >= 4 is 12.4 Å². The van der Waals surface area contributed by atoms with Crippen LogP contribution in [-0.4, -0.2) is 111 Å². The van der Waals surface area contributed by atoms with Gasteiger partial charge in [0.2, 0.25) is 0 Å². The number of rotatable bonds is 15. The van der Waals surface area contributed by atoms with Gasteiger partial charge in [-0.2, -0.15) is 10.2 Å². The molecule has 0 atom stereocenters. The summed E-state index contributed by atoms with van der Waals surface area (Å²) >= 11 is 0. The summed E-state index contributed by atoms with van der Waals surface area (Å²) in [6, 6.07) is 10.3. The Morgan fingerprint density at radius 1 is 0.650 bits per heavy atom. The highest BCUT2D eigenvalue weighted by molar-refractivity contribution is 5.86. The maximum atomic E-state index is 10.3. The lowest BCUT2D eigenvalue weighted by Crippen LogP contribution is -2.36. The largest absolute Gasteiger partial charge is 0.507 e. The van der Waals surface area contributed by atoms with Gasteiger partial charge < -0.3 is 29.2 Å². The molecule has 2 aliphatic rings. The van der Waals surface area contributed by atoms with Crippen LogP contribution in [0.3, 0.4) is 0 Å². The van der Waals surface area contributed by atoms with Gasteiger partial charge in [-0.25, -0.2) is 0 Å². The smallest absolute Gasteiger partial charge is 0.128 e. The fourth-order valence-electron chi connectivity index (χ4n) is 4.54. The van der Waals surface area contributed by atoms with E-state index in [1.807, 2.05) is 0 Å². The first-order valence-corrected chi connectivity index (χ1v) is 14.3. The average Bonchev–Trinajstić information content (AvgIpc) is 2.98. The maximum absolute atomic E-state index is 10.3. The first-order chi connectivity index (χ1) is 19.7. The van der Waals surface area contributed by atoms with Crippen molar-refractivity contribution in [1.29, 1.82) is 0 Å². The molecule has 2 aliphatic heterocycles. The van der Waals surface area contributed by atoms with E-state index in [-0.39, 0.29) is 11.5 Å². The molecule has 218 valence electrons. The van der Waals surface area contributed by atoms with E-state index in [0.29, 0.717) is 35.8 Å².